The van der Waals surface area contributed by atoms with Crippen molar-refractivity contribution in [2.45, 2.75) is 11.6 Å². The molecular formula is C9H9N3OS2. The Balaban J connectivity index is 2.18. The monoisotopic (exact) mass is 239 g/mol. The van der Waals surface area contributed by atoms with Crippen LogP contribution in [0.3, 0.4) is 0 Å². The van der Waals surface area contributed by atoms with Crippen molar-refractivity contribution in [2.24, 2.45) is 5.92 Å². The second-order valence-corrected chi connectivity index (χ2v) is 4.64. The fourth-order valence-electron chi connectivity index (χ4n) is 1.40. The highest BCUT2D eigenvalue weighted by molar-refractivity contribution is 7.98. The van der Waals surface area contributed by atoms with E-state index in [0.29, 0.717) is 23.3 Å². The van der Waals surface area contributed by atoms with Gasteiger partial charge in [0.25, 0.3) is 0 Å². The van der Waals surface area contributed by atoms with Crippen molar-refractivity contribution >= 4 is 34.3 Å². The Labute approximate surface area is 96.2 Å². The van der Waals surface area contributed by atoms with E-state index in [1.807, 2.05) is 6.26 Å². The molecule has 1 aliphatic rings. The van der Waals surface area contributed by atoms with Crippen LogP contribution in [0, 0.1) is 18.3 Å². The third-order valence-corrected chi connectivity index (χ3v) is 3.57. The third kappa shape index (κ3) is 1.98. The fraction of sp³-hybridized carbons (Fsp3) is 0.444. The van der Waals surface area contributed by atoms with Gasteiger partial charge in [-0.2, -0.15) is 9.36 Å². The number of hydrogen-bond acceptors (Lipinski definition) is 5. The Morgan fingerprint density at radius 3 is 3.07 bits per heavy atom. The van der Waals surface area contributed by atoms with E-state index in [0.717, 1.165) is 0 Å². The Hall–Kier alpha value is -1.06. The summed E-state index contributed by atoms with van der Waals surface area (Å²) in [5.74, 6) is 2.66. The van der Waals surface area contributed by atoms with Crippen LogP contribution in [0.5, 0.6) is 0 Å². The van der Waals surface area contributed by atoms with Crippen molar-refractivity contribution in [3.05, 3.63) is 0 Å². The standard InChI is InChI=1S/C9H9N3OS2/c1-3-6-4-7(13)12(5-6)9-10-8(14-2)11-15-9/h1,6H,4-5H2,2H3. The van der Waals surface area contributed by atoms with Gasteiger partial charge >= 0.3 is 0 Å². The van der Waals surface area contributed by atoms with Crippen molar-refractivity contribution in [3.63, 3.8) is 0 Å². The molecule has 1 fully saturated rings. The Morgan fingerprint density at radius 1 is 1.73 bits per heavy atom. The lowest BCUT2D eigenvalue weighted by molar-refractivity contribution is -0.117. The van der Waals surface area contributed by atoms with Gasteiger partial charge in [-0.3, -0.25) is 9.69 Å². The highest BCUT2D eigenvalue weighted by Gasteiger charge is 2.31. The molecule has 1 amide bonds. The molecule has 0 radical (unpaired) electrons. The summed E-state index contributed by atoms with van der Waals surface area (Å²) in [4.78, 5) is 17.5. The average Bonchev–Trinajstić information content (AvgIpc) is 2.83. The normalized spacial score (nSPS) is 20.7. The first-order valence-corrected chi connectivity index (χ1v) is 6.38. The molecule has 6 heteroatoms. The lowest BCUT2D eigenvalue weighted by atomic mass is 10.1. The predicted octanol–water partition coefficient (Wildman–Crippen LogP) is 1.25. The molecule has 1 saturated heterocycles. The first-order chi connectivity index (χ1) is 7.24. The van der Waals surface area contributed by atoms with Crippen LogP contribution in [-0.2, 0) is 4.79 Å². The fourth-order valence-corrected chi connectivity index (χ4v) is 2.65. The highest BCUT2D eigenvalue weighted by atomic mass is 32.2. The number of terminal acetylenes is 1. The molecule has 1 aromatic heterocycles. The minimum absolute atomic E-state index is 0.0131. The molecule has 1 aliphatic heterocycles. The van der Waals surface area contributed by atoms with Crippen molar-refractivity contribution in [2.75, 3.05) is 17.7 Å². The summed E-state index contributed by atoms with van der Waals surface area (Å²) in [6.45, 7) is 0.568. The van der Waals surface area contributed by atoms with E-state index >= 15 is 0 Å². The van der Waals surface area contributed by atoms with E-state index in [4.69, 9.17) is 6.42 Å². The first kappa shape index (κ1) is 10.5. The van der Waals surface area contributed by atoms with Gasteiger partial charge in [0.2, 0.25) is 16.2 Å². The summed E-state index contributed by atoms with van der Waals surface area (Å²) in [6, 6.07) is 0. The van der Waals surface area contributed by atoms with Gasteiger partial charge in [0, 0.05) is 30.4 Å². The number of carbonyl (C=O) groups excluding carboxylic acids is 1. The van der Waals surface area contributed by atoms with Gasteiger partial charge in [-0.25, -0.2) is 0 Å². The van der Waals surface area contributed by atoms with Crippen LogP contribution in [0.2, 0.25) is 0 Å². The van der Waals surface area contributed by atoms with Gasteiger partial charge in [-0.15, -0.1) is 12.3 Å². The molecular weight excluding hydrogens is 230 g/mol. The van der Waals surface area contributed by atoms with E-state index in [1.165, 1.54) is 23.3 Å². The molecule has 1 aromatic rings. The molecule has 1 atom stereocenters. The minimum Gasteiger partial charge on any atom is -0.286 e. The molecule has 0 N–H and O–H groups in total. The third-order valence-electron chi connectivity index (χ3n) is 2.17. The van der Waals surface area contributed by atoms with Crippen LogP contribution < -0.4 is 4.90 Å². The molecule has 2 rings (SSSR count). The van der Waals surface area contributed by atoms with Crippen molar-refractivity contribution in [3.8, 4) is 12.3 Å². The van der Waals surface area contributed by atoms with Crippen molar-refractivity contribution < 1.29 is 4.79 Å². The number of amides is 1. The molecule has 0 bridgehead atoms. The smallest absolute Gasteiger partial charge is 0.230 e. The zero-order valence-electron chi connectivity index (χ0n) is 8.14. The van der Waals surface area contributed by atoms with Crippen molar-refractivity contribution in [1.82, 2.24) is 9.36 Å². The second kappa shape index (κ2) is 4.21. The first-order valence-electron chi connectivity index (χ1n) is 4.38. The molecule has 2 heterocycles. The Bertz CT molecular complexity index is 423. The topological polar surface area (TPSA) is 46.1 Å². The van der Waals surface area contributed by atoms with E-state index in [1.54, 1.807) is 4.90 Å². The van der Waals surface area contributed by atoms with Gasteiger partial charge in [-0.1, -0.05) is 11.8 Å². The molecule has 0 aromatic carbocycles. The number of thioether (sulfide) groups is 1. The van der Waals surface area contributed by atoms with Crippen LogP contribution in [0.15, 0.2) is 5.16 Å². The molecule has 0 aliphatic carbocycles. The van der Waals surface area contributed by atoms with E-state index in [2.05, 4.69) is 15.3 Å². The van der Waals surface area contributed by atoms with E-state index in [-0.39, 0.29) is 11.8 Å². The van der Waals surface area contributed by atoms with Crippen molar-refractivity contribution in [1.29, 1.82) is 0 Å². The lowest BCUT2D eigenvalue weighted by Gasteiger charge is -2.09. The van der Waals surface area contributed by atoms with Crippen LogP contribution in [0.4, 0.5) is 5.13 Å². The number of aromatic nitrogens is 2. The summed E-state index contributed by atoms with van der Waals surface area (Å²) in [5, 5.41) is 1.36. The molecule has 78 valence electrons. The second-order valence-electron chi connectivity index (χ2n) is 3.14. The summed E-state index contributed by atoms with van der Waals surface area (Å²) in [6.07, 6.45) is 7.63. The van der Waals surface area contributed by atoms with Gasteiger partial charge in [0.1, 0.15) is 0 Å². The quantitative estimate of drug-likeness (QED) is 0.575. The van der Waals surface area contributed by atoms with Gasteiger partial charge in [0.05, 0.1) is 0 Å². The van der Waals surface area contributed by atoms with E-state index < -0.39 is 0 Å². The van der Waals surface area contributed by atoms with Gasteiger partial charge < -0.3 is 0 Å². The number of carbonyl (C=O) groups is 1. The van der Waals surface area contributed by atoms with Crippen LogP contribution >= 0.6 is 23.3 Å². The Kier molecular flexibility index (Phi) is 2.93. The van der Waals surface area contributed by atoms with Crippen LogP contribution in [0.25, 0.3) is 0 Å². The highest BCUT2D eigenvalue weighted by Crippen LogP contribution is 2.27. The SMILES string of the molecule is C#CC1CC(=O)N(c2nc(SC)ns2)C1. The summed E-state index contributed by atoms with van der Waals surface area (Å²) < 4.78 is 4.11. The number of hydrogen-bond donors (Lipinski definition) is 0. The van der Waals surface area contributed by atoms with Crippen LogP contribution in [-0.4, -0.2) is 28.1 Å². The molecule has 4 nitrogen and oxygen atoms in total. The largest absolute Gasteiger partial charge is 0.286 e. The van der Waals surface area contributed by atoms with Gasteiger partial charge in [0.15, 0.2) is 0 Å². The lowest BCUT2D eigenvalue weighted by Crippen LogP contribution is -2.24. The molecule has 1 unspecified atom stereocenters. The summed E-state index contributed by atoms with van der Waals surface area (Å²) in [5.41, 5.74) is 0. The Morgan fingerprint density at radius 2 is 2.53 bits per heavy atom. The molecule has 15 heavy (non-hydrogen) atoms. The van der Waals surface area contributed by atoms with E-state index in [9.17, 15) is 4.79 Å². The minimum atomic E-state index is 0.0131. The molecule has 0 saturated carbocycles. The maximum Gasteiger partial charge on any atom is 0.230 e. The molecule has 0 spiro atoms. The maximum absolute atomic E-state index is 11.6. The number of anilines is 1. The average molecular weight is 239 g/mol. The number of nitrogens with zero attached hydrogens (tertiary/aromatic N) is 3. The summed E-state index contributed by atoms with van der Waals surface area (Å²) in [7, 11) is 0. The zero-order chi connectivity index (χ0) is 10.8. The van der Waals surface area contributed by atoms with Crippen LogP contribution in [0.1, 0.15) is 6.42 Å². The predicted molar refractivity (Wildman–Crippen MR) is 61.0 cm³/mol. The zero-order valence-corrected chi connectivity index (χ0v) is 9.77. The summed E-state index contributed by atoms with van der Waals surface area (Å²) >= 11 is 2.71. The maximum atomic E-state index is 11.6. The number of rotatable bonds is 2. The van der Waals surface area contributed by atoms with Gasteiger partial charge in [-0.05, 0) is 6.26 Å².